The number of aromatic nitrogens is 1. The highest BCUT2D eigenvalue weighted by molar-refractivity contribution is 6.36. The minimum Gasteiger partial charge on any atom is -0.465 e. The minimum atomic E-state index is -0.327. The Morgan fingerprint density at radius 3 is 2.56 bits per heavy atom. The highest BCUT2D eigenvalue weighted by Crippen LogP contribution is 2.42. The summed E-state index contributed by atoms with van der Waals surface area (Å²) in [6.45, 7) is 2.14. The van der Waals surface area contributed by atoms with Crippen molar-refractivity contribution in [3.05, 3.63) is 98.3 Å². The summed E-state index contributed by atoms with van der Waals surface area (Å²) in [6.07, 6.45) is 5.66. The molecule has 3 aromatic rings. The maximum Gasteiger partial charge on any atom is 0.337 e. The van der Waals surface area contributed by atoms with E-state index in [-0.39, 0.29) is 5.97 Å². The number of pyridine rings is 1. The topological polar surface area (TPSA) is 51.2 Å². The van der Waals surface area contributed by atoms with Crippen LogP contribution in [0, 0.1) is 5.92 Å². The van der Waals surface area contributed by atoms with Crippen molar-refractivity contribution in [1.82, 2.24) is 10.3 Å². The molecule has 0 bridgehead atoms. The van der Waals surface area contributed by atoms with Crippen molar-refractivity contribution in [1.29, 1.82) is 0 Å². The quantitative estimate of drug-likeness (QED) is 0.428. The summed E-state index contributed by atoms with van der Waals surface area (Å²) < 4.78 is 4.95. The summed E-state index contributed by atoms with van der Waals surface area (Å²) in [5.74, 6) is 0.358. The number of allylic oxidation sites excluding steroid dienone is 1. The zero-order valence-corrected chi connectivity index (χ0v) is 20.5. The Bertz CT molecular complexity index is 1260. The number of nitrogens with one attached hydrogen (secondary N) is 1. The van der Waals surface area contributed by atoms with Crippen LogP contribution in [0.15, 0.2) is 54.7 Å². The zero-order chi connectivity index (χ0) is 23.7. The molecular formula is C28H26Cl2N2O2. The fourth-order valence-corrected chi connectivity index (χ4v) is 5.37. The van der Waals surface area contributed by atoms with Crippen LogP contribution in [0.3, 0.4) is 0 Å². The van der Waals surface area contributed by atoms with Gasteiger partial charge in [-0.25, -0.2) is 4.79 Å². The maximum absolute atomic E-state index is 12.2. The lowest BCUT2D eigenvalue weighted by Gasteiger charge is -2.27. The van der Waals surface area contributed by atoms with Gasteiger partial charge >= 0.3 is 5.97 Å². The highest BCUT2D eigenvalue weighted by atomic mass is 35.5. The molecule has 1 aliphatic heterocycles. The van der Waals surface area contributed by atoms with E-state index in [9.17, 15) is 4.79 Å². The van der Waals surface area contributed by atoms with E-state index in [1.807, 2.05) is 36.5 Å². The first-order valence-corrected chi connectivity index (χ1v) is 12.4. The second kappa shape index (κ2) is 9.91. The van der Waals surface area contributed by atoms with Gasteiger partial charge in [-0.3, -0.25) is 4.98 Å². The molecule has 5 rings (SSSR count). The average molecular weight is 493 g/mol. The van der Waals surface area contributed by atoms with Crippen LogP contribution in [0.4, 0.5) is 0 Å². The van der Waals surface area contributed by atoms with E-state index in [2.05, 4.69) is 17.4 Å². The second-order valence-electron chi connectivity index (χ2n) is 8.97. The lowest BCUT2D eigenvalue weighted by molar-refractivity contribution is 0.0600. The van der Waals surface area contributed by atoms with Crippen molar-refractivity contribution in [2.75, 3.05) is 20.2 Å². The van der Waals surface area contributed by atoms with Gasteiger partial charge in [0.05, 0.1) is 18.4 Å². The Morgan fingerprint density at radius 1 is 1.06 bits per heavy atom. The largest absolute Gasteiger partial charge is 0.465 e. The Morgan fingerprint density at radius 2 is 1.88 bits per heavy atom. The van der Waals surface area contributed by atoms with Gasteiger partial charge in [0.15, 0.2) is 0 Å². The number of nitrogens with zero attached hydrogens (tertiary/aromatic N) is 1. The first-order chi connectivity index (χ1) is 16.5. The number of esters is 1. The van der Waals surface area contributed by atoms with Crippen LogP contribution < -0.4 is 5.32 Å². The molecular weight excluding hydrogens is 467 g/mol. The number of carbonyl (C=O) groups is 1. The molecule has 0 saturated carbocycles. The number of ether oxygens (including phenoxy) is 1. The SMILES string of the molecule is COC(=O)c1ccc2c(c1)CCCC(c1ccc(Cl)cc1Cl)=C2c1ccc(CC2CNC2)cn1. The molecule has 2 aromatic carbocycles. The van der Waals surface area contributed by atoms with E-state index < -0.39 is 0 Å². The van der Waals surface area contributed by atoms with Crippen molar-refractivity contribution in [3.63, 3.8) is 0 Å². The molecule has 1 N–H and O–H groups in total. The molecule has 0 unspecified atom stereocenters. The second-order valence-corrected chi connectivity index (χ2v) is 9.82. The summed E-state index contributed by atoms with van der Waals surface area (Å²) in [4.78, 5) is 17.1. The van der Waals surface area contributed by atoms with Gasteiger partial charge in [-0.15, -0.1) is 0 Å². The van der Waals surface area contributed by atoms with Crippen molar-refractivity contribution in [2.24, 2.45) is 5.92 Å². The lowest BCUT2D eigenvalue weighted by atomic mass is 9.89. The van der Waals surface area contributed by atoms with Crippen LogP contribution in [0.25, 0.3) is 11.1 Å². The number of hydrogen-bond acceptors (Lipinski definition) is 4. The predicted octanol–water partition coefficient (Wildman–Crippen LogP) is 6.23. The van der Waals surface area contributed by atoms with Gasteiger partial charge in [0.2, 0.25) is 0 Å². The van der Waals surface area contributed by atoms with E-state index >= 15 is 0 Å². The first kappa shape index (κ1) is 23.1. The number of halogens is 2. The molecule has 1 aliphatic carbocycles. The van der Waals surface area contributed by atoms with Gasteiger partial charge in [-0.05, 0) is 103 Å². The lowest BCUT2D eigenvalue weighted by Crippen LogP contribution is -2.43. The molecule has 6 heteroatoms. The molecule has 174 valence electrons. The molecule has 0 atom stereocenters. The summed E-state index contributed by atoms with van der Waals surface area (Å²) in [5, 5.41) is 4.57. The summed E-state index contributed by atoms with van der Waals surface area (Å²) >= 11 is 12.9. The van der Waals surface area contributed by atoms with Gasteiger partial charge in [-0.1, -0.05) is 41.4 Å². The number of aryl methyl sites for hydroxylation is 1. The summed E-state index contributed by atoms with van der Waals surface area (Å²) in [7, 11) is 1.41. The highest BCUT2D eigenvalue weighted by Gasteiger charge is 2.24. The maximum atomic E-state index is 12.2. The minimum absolute atomic E-state index is 0.327. The van der Waals surface area contributed by atoms with Gasteiger partial charge in [-0.2, -0.15) is 0 Å². The van der Waals surface area contributed by atoms with Crippen molar-refractivity contribution < 1.29 is 9.53 Å². The number of fused-ring (bicyclic) bond motifs is 1. The molecule has 2 heterocycles. The number of hydrogen-bond donors (Lipinski definition) is 1. The summed E-state index contributed by atoms with van der Waals surface area (Å²) in [5.41, 5.74) is 8.09. The third-order valence-corrected chi connectivity index (χ3v) is 7.25. The fraction of sp³-hybridized carbons (Fsp3) is 0.286. The molecule has 2 aliphatic rings. The molecule has 0 radical (unpaired) electrons. The molecule has 4 nitrogen and oxygen atoms in total. The molecule has 34 heavy (non-hydrogen) atoms. The van der Waals surface area contributed by atoms with Crippen LogP contribution in [0.2, 0.25) is 10.0 Å². The smallest absolute Gasteiger partial charge is 0.337 e. The third-order valence-electron chi connectivity index (χ3n) is 6.70. The Labute approximate surface area is 210 Å². The van der Waals surface area contributed by atoms with Gasteiger partial charge in [0.1, 0.15) is 0 Å². The van der Waals surface area contributed by atoms with Gasteiger partial charge in [0.25, 0.3) is 0 Å². The van der Waals surface area contributed by atoms with E-state index in [1.54, 1.807) is 6.07 Å². The van der Waals surface area contributed by atoms with Crippen molar-refractivity contribution in [2.45, 2.75) is 25.7 Å². The molecule has 1 fully saturated rings. The Kier molecular flexibility index (Phi) is 6.73. The van der Waals surface area contributed by atoms with Gasteiger partial charge in [0, 0.05) is 21.8 Å². The monoisotopic (exact) mass is 492 g/mol. The third kappa shape index (κ3) is 4.63. The molecule has 1 aromatic heterocycles. The number of methoxy groups -OCH3 is 1. The standard InChI is InChI=1S/C28H26Cl2N2O2/c1-34-28(33)20-6-8-22-19(12-20)3-2-4-24(23-9-7-21(29)13-25(23)30)27(22)26-10-5-17(16-32-26)11-18-14-31-15-18/h5-10,12-13,16,18,31H,2-4,11,14-15H2,1H3. The number of carbonyl (C=O) groups excluding carboxylic acids is 1. The van der Waals surface area contributed by atoms with Crippen LogP contribution in [-0.2, 0) is 17.6 Å². The molecule has 1 saturated heterocycles. The van der Waals surface area contributed by atoms with E-state index in [4.69, 9.17) is 32.9 Å². The van der Waals surface area contributed by atoms with Crippen LogP contribution in [-0.4, -0.2) is 31.2 Å². The van der Waals surface area contributed by atoms with Gasteiger partial charge < -0.3 is 10.1 Å². The van der Waals surface area contributed by atoms with Crippen LogP contribution in [0.1, 0.15) is 51.1 Å². The zero-order valence-electron chi connectivity index (χ0n) is 19.0. The number of rotatable bonds is 5. The van der Waals surface area contributed by atoms with E-state index in [0.717, 1.165) is 72.3 Å². The average Bonchev–Trinajstić information content (AvgIpc) is 3.00. The van der Waals surface area contributed by atoms with Crippen molar-refractivity contribution in [3.8, 4) is 0 Å². The number of benzene rings is 2. The molecule has 0 spiro atoms. The van der Waals surface area contributed by atoms with Crippen LogP contribution in [0.5, 0.6) is 0 Å². The van der Waals surface area contributed by atoms with E-state index in [1.165, 1.54) is 12.7 Å². The van der Waals surface area contributed by atoms with Crippen LogP contribution >= 0.6 is 23.2 Å². The predicted molar refractivity (Wildman–Crippen MR) is 137 cm³/mol. The normalized spacial score (nSPS) is 16.0. The summed E-state index contributed by atoms with van der Waals surface area (Å²) in [6, 6.07) is 15.8. The Balaban J connectivity index is 1.65. The van der Waals surface area contributed by atoms with E-state index in [0.29, 0.717) is 21.5 Å². The van der Waals surface area contributed by atoms with Crippen molar-refractivity contribution >= 4 is 40.3 Å². The molecule has 0 amide bonds. The first-order valence-electron chi connectivity index (χ1n) is 11.6. The Hall–Kier alpha value is -2.66. The fourth-order valence-electron chi connectivity index (χ4n) is 4.85.